The first-order chi connectivity index (χ1) is 4.88. The summed E-state index contributed by atoms with van der Waals surface area (Å²) in [6, 6.07) is 2.41. The molecule has 0 fully saturated rings. The van der Waals surface area contributed by atoms with Crippen LogP contribution in [0.4, 0.5) is 0 Å². The van der Waals surface area contributed by atoms with Crippen molar-refractivity contribution in [2.45, 2.75) is 19.4 Å². The molecule has 0 saturated heterocycles. The molecule has 0 saturated carbocycles. The van der Waals surface area contributed by atoms with E-state index >= 15 is 0 Å². The minimum absolute atomic E-state index is 0.419. The van der Waals surface area contributed by atoms with E-state index in [1.807, 2.05) is 13.1 Å². The minimum atomic E-state index is 0.419. The fourth-order valence-electron chi connectivity index (χ4n) is 1.04. The molecule has 1 atom stereocenters. The molecular formula is C7H13N3. The van der Waals surface area contributed by atoms with Crippen LogP contribution < -0.4 is 5.32 Å². The molecule has 56 valence electrons. The molecule has 1 aromatic heterocycles. The van der Waals surface area contributed by atoms with E-state index in [4.69, 9.17) is 0 Å². The molecule has 0 bridgehead atoms. The standard InChI is InChI=1S/C7H13N3/c1-3-6(8-2)7-4-5-9-10-7/h4-6,8H,3H2,1-2H3,(H,9,10). The van der Waals surface area contributed by atoms with Crippen molar-refractivity contribution in [1.82, 2.24) is 15.5 Å². The Bertz CT molecular complexity index is 165. The highest BCUT2D eigenvalue weighted by Crippen LogP contribution is 2.10. The van der Waals surface area contributed by atoms with Gasteiger partial charge in [-0.15, -0.1) is 0 Å². The van der Waals surface area contributed by atoms with Crippen LogP contribution in [-0.4, -0.2) is 17.2 Å². The highest BCUT2D eigenvalue weighted by molar-refractivity contribution is 5.03. The number of nitrogens with zero attached hydrogens (tertiary/aromatic N) is 1. The Hall–Kier alpha value is -0.830. The molecule has 3 heteroatoms. The first kappa shape index (κ1) is 7.28. The highest BCUT2D eigenvalue weighted by Gasteiger charge is 2.05. The molecule has 0 aliphatic heterocycles. The van der Waals surface area contributed by atoms with Gasteiger partial charge in [-0.1, -0.05) is 6.92 Å². The second kappa shape index (κ2) is 3.37. The summed E-state index contributed by atoms with van der Waals surface area (Å²) < 4.78 is 0. The van der Waals surface area contributed by atoms with Crippen LogP contribution in [0.1, 0.15) is 25.1 Å². The molecule has 3 nitrogen and oxygen atoms in total. The van der Waals surface area contributed by atoms with Gasteiger partial charge in [0.2, 0.25) is 0 Å². The van der Waals surface area contributed by atoms with E-state index in [2.05, 4.69) is 22.4 Å². The predicted octanol–water partition coefficient (Wildman–Crippen LogP) is 1.08. The van der Waals surface area contributed by atoms with Crippen LogP contribution in [-0.2, 0) is 0 Å². The molecule has 0 aromatic carbocycles. The van der Waals surface area contributed by atoms with E-state index in [-0.39, 0.29) is 0 Å². The number of hydrogen-bond donors (Lipinski definition) is 2. The van der Waals surface area contributed by atoms with E-state index < -0.39 is 0 Å². The molecule has 2 N–H and O–H groups in total. The van der Waals surface area contributed by atoms with Crippen LogP contribution in [0.5, 0.6) is 0 Å². The zero-order chi connectivity index (χ0) is 7.40. The molecule has 1 aromatic rings. The van der Waals surface area contributed by atoms with Crippen LogP contribution in [0, 0.1) is 0 Å². The third-order valence-electron chi connectivity index (χ3n) is 1.65. The Morgan fingerprint density at radius 2 is 2.60 bits per heavy atom. The second-order valence-corrected chi connectivity index (χ2v) is 2.26. The molecule has 0 amide bonds. The van der Waals surface area contributed by atoms with Gasteiger partial charge >= 0.3 is 0 Å². The average Bonchev–Trinajstić information content (AvgIpc) is 2.43. The third-order valence-corrected chi connectivity index (χ3v) is 1.65. The summed E-state index contributed by atoms with van der Waals surface area (Å²) >= 11 is 0. The normalized spacial score (nSPS) is 13.4. The lowest BCUT2D eigenvalue weighted by atomic mass is 10.2. The van der Waals surface area contributed by atoms with Gasteiger partial charge in [-0.2, -0.15) is 5.10 Å². The van der Waals surface area contributed by atoms with Crippen molar-refractivity contribution in [3.05, 3.63) is 18.0 Å². The summed E-state index contributed by atoms with van der Waals surface area (Å²) in [5, 5.41) is 9.98. The lowest BCUT2D eigenvalue weighted by Gasteiger charge is -2.09. The lowest BCUT2D eigenvalue weighted by molar-refractivity contribution is 0.560. The number of hydrogen-bond acceptors (Lipinski definition) is 2. The lowest BCUT2D eigenvalue weighted by Crippen LogP contribution is -2.15. The quantitative estimate of drug-likeness (QED) is 0.658. The molecule has 1 heterocycles. The summed E-state index contributed by atoms with van der Waals surface area (Å²) in [6.45, 7) is 2.14. The predicted molar refractivity (Wildman–Crippen MR) is 40.7 cm³/mol. The minimum Gasteiger partial charge on any atom is -0.312 e. The fourth-order valence-corrected chi connectivity index (χ4v) is 1.04. The van der Waals surface area contributed by atoms with Crippen molar-refractivity contribution in [3.63, 3.8) is 0 Å². The summed E-state index contributed by atoms with van der Waals surface area (Å²) in [5.74, 6) is 0. The van der Waals surface area contributed by atoms with Crippen molar-refractivity contribution in [2.24, 2.45) is 0 Å². The van der Waals surface area contributed by atoms with Gasteiger partial charge in [0.25, 0.3) is 0 Å². The van der Waals surface area contributed by atoms with Crippen LogP contribution in [0.25, 0.3) is 0 Å². The second-order valence-electron chi connectivity index (χ2n) is 2.26. The molecule has 1 rings (SSSR count). The highest BCUT2D eigenvalue weighted by atomic mass is 15.1. The maximum absolute atomic E-state index is 3.87. The average molecular weight is 139 g/mol. The molecule has 1 unspecified atom stereocenters. The van der Waals surface area contributed by atoms with E-state index in [1.54, 1.807) is 6.20 Å². The number of nitrogens with one attached hydrogen (secondary N) is 2. The molecule has 0 radical (unpaired) electrons. The van der Waals surface area contributed by atoms with E-state index in [0.29, 0.717) is 6.04 Å². The molecular weight excluding hydrogens is 126 g/mol. The van der Waals surface area contributed by atoms with Crippen molar-refractivity contribution < 1.29 is 0 Å². The van der Waals surface area contributed by atoms with Crippen LogP contribution in [0.15, 0.2) is 12.3 Å². The number of H-pyrrole nitrogens is 1. The third kappa shape index (κ3) is 1.36. The number of rotatable bonds is 3. The maximum atomic E-state index is 3.87. The van der Waals surface area contributed by atoms with Gasteiger partial charge in [-0.05, 0) is 19.5 Å². The molecule has 0 aliphatic rings. The summed E-state index contributed by atoms with van der Waals surface area (Å²) in [6.07, 6.45) is 2.86. The largest absolute Gasteiger partial charge is 0.312 e. The Kier molecular flexibility index (Phi) is 2.45. The van der Waals surface area contributed by atoms with E-state index in [1.165, 1.54) is 0 Å². The molecule has 10 heavy (non-hydrogen) atoms. The Morgan fingerprint density at radius 1 is 1.80 bits per heavy atom. The van der Waals surface area contributed by atoms with Crippen molar-refractivity contribution in [2.75, 3.05) is 7.05 Å². The van der Waals surface area contributed by atoms with Gasteiger partial charge in [0.1, 0.15) is 0 Å². The van der Waals surface area contributed by atoms with Crippen molar-refractivity contribution in [1.29, 1.82) is 0 Å². The van der Waals surface area contributed by atoms with Crippen LogP contribution >= 0.6 is 0 Å². The zero-order valence-electron chi connectivity index (χ0n) is 6.39. The van der Waals surface area contributed by atoms with Crippen LogP contribution in [0.2, 0.25) is 0 Å². The van der Waals surface area contributed by atoms with Crippen molar-refractivity contribution in [3.8, 4) is 0 Å². The monoisotopic (exact) mass is 139 g/mol. The molecule has 0 spiro atoms. The Morgan fingerprint density at radius 3 is 3.00 bits per heavy atom. The van der Waals surface area contributed by atoms with Gasteiger partial charge in [0.05, 0.1) is 5.69 Å². The summed E-state index contributed by atoms with van der Waals surface area (Å²) in [4.78, 5) is 0. The van der Waals surface area contributed by atoms with Gasteiger partial charge in [0, 0.05) is 12.2 Å². The summed E-state index contributed by atoms with van der Waals surface area (Å²) in [7, 11) is 1.95. The van der Waals surface area contributed by atoms with Gasteiger partial charge in [0.15, 0.2) is 0 Å². The summed E-state index contributed by atoms with van der Waals surface area (Å²) in [5.41, 5.74) is 1.16. The Labute approximate surface area is 60.8 Å². The maximum Gasteiger partial charge on any atom is 0.0521 e. The molecule has 0 aliphatic carbocycles. The fraction of sp³-hybridized carbons (Fsp3) is 0.571. The van der Waals surface area contributed by atoms with E-state index in [0.717, 1.165) is 12.1 Å². The smallest absolute Gasteiger partial charge is 0.0521 e. The van der Waals surface area contributed by atoms with E-state index in [9.17, 15) is 0 Å². The topological polar surface area (TPSA) is 40.7 Å². The Balaban J connectivity index is 2.64. The number of aromatic amines is 1. The van der Waals surface area contributed by atoms with Gasteiger partial charge in [-0.25, -0.2) is 0 Å². The van der Waals surface area contributed by atoms with Crippen molar-refractivity contribution >= 4 is 0 Å². The number of aromatic nitrogens is 2. The first-order valence-electron chi connectivity index (χ1n) is 3.55. The van der Waals surface area contributed by atoms with Crippen LogP contribution in [0.3, 0.4) is 0 Å². The SMILES string of the molecule is CCC(NC)c1ccn[nH]1. The first-order valence-corrected chi connectivity index (χ1v) is 3.55. The van der Waals surface area contributed by atoms with Gasteiger partial charge < -0.3 is 5.32 Å². The zero-order valence-corrected chi connectivity index (χ0v) is 6.39. The van der Waals surface area contributed by atoms with Gasteiger partial charge in [-0.3, -0.25) is 5.10 Å².